The molecule has 3 rings (SSSR count). The fourth-order valence-electron chi connectivity index (χ4n) is 3.33. The summed E-state index contributed by atoms with van der Waals surface area (Å²) >= 11 is 0. The minimum absolute atomic E-state index is 0.164. The highest BCUT2D eigenvalue weighted by Crippen LogP contribution is 2.39. The number of fused-ring (bicyclic) bond motifs is 1. The van der Waals surface area contributed by atoms with E-state index in [1.165, 1.54) is 19.2 Å². The molecule has 0 saturated heterocycles. The molecule has 1 N–H and O–H groups in total. The molecule has 2 aromatic rings. The van der Waals surface area contributed by atoms with E-state index < -0.39 is 5.82 Å². The Morgan fingerprint density at radius 3 is 2.57 bits per heavy atom. The van der Waals surface area contributed by atoms with Gasteiger partial charge in [-0.1, -0.05) is 13.0 Å². The van der Waals surface area contributed by atoms with Crippen molar-refractivity contribution in [2.45, 2.75) is 25.8 Å². The second-order valence-corrected chi connectivity index (χ2v) is 6.62. The van der Waals surface area contributed by atoms with Gasteiger partial charge in [-0.25, -0.2) is 4.39 Å². The number of ether oxygens (including phenoxy) is 3. The first-order chi connectivity index (χ1) is 13.4. The Morgan fingerprint density at radius 2 is 1.86 bits per heavy atom. The summed E-state index contributed by atoms with van der Waals surface area (Å²) in [6.45, 7) is 1.81. The molecule has 0 aromatic heterocycles. The zero-order valence-corrected chi connectivity index (χ0v) is 16.0. The van der Waals surface area contributed by atoms with Gasteiger partial charge < -0.3 is 19.5 Å². The van der Waals surface area contributed by atoms with Crippen molar-refractivity contribution in [3.63, 3.8) is 0 Å². The molecule has 0 unspecified atom stereocenters. The van der Waals surface area contributed by atoms with Crippen LogP contribution in [0.3, 0.4) is 0 Å². The van der Waals surface area contributed by atoms with E-state index in [0.717, 1.165) is 5.56 Å². The van der Waals surface area contributed by atoms with Crippen molar-refractivity contribution < 1.29 is 28.2 Å². The van der Waals surface area contributed by atoms with E-state index in [0.29, 0.717) is 17.1 Å². The molecular formula is C21H22FNO5. The number of carbonyl (C=O) groups is 2. The molecule has 0 spiro atoms. The van der Waals surface area contributed by atoms with E-state index in [4.69, 9.17) is 14.2 Å². The van der Waals surface area contributed by atoms with Crippen molar-refractivity contribution in [3.05, 3.63) is 52.8 Å². The third-order valence-electron chi connectivity index (χ3n) is 4.71. The van der Waals surface area contributed by atoms with Crippen LogP contribution in [0.5, 0.6) is 17.2 Å². The smallest absolute Gasteiger partial charge is 0.258 e. The lowest BCUT2D eigenvalue weighted by molar-refractivity contribution is -0.123. The second kappa shape index (κ2) is 8.29. The number of methoxy groups -OCH3 is 2. The predicted octanol–water partition coefficient (Wildman–Crippen LogP) is 3.23. The van der Waals surface area contributed by atoms with E-state index in [-0.39, 0.29) is 48.5 Å². The van der Waals surface area contributed by atoms with Crippen LogP contribution in [-0.2, 0) is 11.3 Å². The summed E-state index contributed by atoms with van der Waals surface area (Å²) in [6, 6.07) is 8.00. The maximum Gasteiger partial charge on any atom is 0.258 e. The largest absolute Gasteiger partial charge is 0.493 e. The van der Waals surface area contributed by atoms with Gasteiger partial charge in [0.1, 0.15) is 11.6 Å². The average Bonchev–Trinajstić information content (AvgIpc) is 3.00. The standard InChI is InChI=1S/C21H22FNO5/c1-12-8-15(24)21-17(7-5-14(22)20(12)21)28-11-19(25)23-10-13-4-6-16(26-2)18(9-13)27-3/h4-7,9,12H,8,10-11H2,1-3H3,(H,23,25)/t12-/m0/s1. The highest BCUT2D eigenvalue weighted by atomic mass is 19.1. The Bertz CT molecular complexity index is 912. The van der Waals surface area contributed by atoms with Crippen molar-refractivity contribution in [1.82, 2.24) is 5.32 Å². The van der Waals surface area contributed by atoms with Crippen LogP contribution in [0.15, 0.2) is 30.3 Å². The van der Waals surface area contributed by atoms with E-state index >= 15 is 0 Å². The molecule has 148 valence electrons. The quantitative estimate of drug-likeness (QED) is 0.790. The molecule has 0 bridgehead atoms. The Kier molecular flexibility index (Phi) is 5.82. The maximum absolute atomic E-state index is 14.0. The lowest BCUT2D eigenvalue weighted by Gasteiger charge is -2.13. The Balaban J connectivity index is 1.61. The summed E-state index contributed by atoms with van der Waals surface area (Å²) in [5, 5.41) is 2.74. The third kappa shape index (κ3) is 3.93. The average molecular weight is 387 g/mol. The lowest BCUT2D eigenvalue weighted by Crippen LogP contribution is -2.28. The Labute approximate surface area is 162 Å². The Morgan fingerprint density at radius 1 is 1.14 bits per heavy atom. The molecule has 0 saturated carbocycles. The van der Waals surface area contributed by atoms with Gasteiger partial charge in [0.25, 0.3) is 5.91 Å². The van der Waals surface area contributed by atoms with Gasteiger partial charge in [0.2, 0.25) is 0 Å². The van der Waals surface area contributed by atoms with Crippen molar-refractivity contribution in [2.24, 2.45) is 0 Å². The summed E-state index contributed by atoms with van der Waals surface area (Å²) in [6.07, 6.45) is 0.248. The van der Waals surface area contributed by atoms with Gasteiger partial charge in [-0.05, 0) is 35.7 Å². The number of rotatable bonds is 7. The molecule has 0 fully saturated rings. The predicted molar refractivity (Wildman–Crippen MR) is 101 cm³/mol. The minimum Gasteiger partial charge on any atom is -0.493 e. The van der Waals surface area contributed by atoms with Crippen LogP contribution in [0.1, 0.15) is 40.7 Å². The maximum atomic E-state index is 14.0. The number of nitrogens with one attached hydrogen (secondary N) is 1. The SMILES string of the molecule is COc1ccc(CNC(=O)COc2ccc(F)c3c2C(=O)C[C@@H]3C)cc1OC. The number of Topliss-reactive ketones (excluding diaryl/α,β-unsaturated/α-hetero) is 1. The second-order valence-electron chi connectivity index (χ2n) is 6.62. The molecule has 1 aliphatic carbocycles. The van der Waals surface area contributed by atoms with Crippen molar-refractivity contribution in [1.29, 1.82) is 0 Å². The molecule has 1 aliphatic rings. The summed E-state index contributed by atoms with van der Waals surface area (Å²) in [5.41, 5.74) is 1.45. The van der Waals surface area contributed by atoms with Crippen molar-refractivity contribution >= 4 is 11.7 Å². The summed E-state index contributed by atoms with van der Waals surface area (Å²) in [5.74, 6) is 0.287. The lowest BCUT2D eigenvalue weighted by atomic mass is 10.0. The highest BCUT2D eigenvalue weighted by molar-refractivity contribution is 6.03. The van der Waals surface area contributed by atoms with Crippen molar-refractivity contribution in [3.8, 4) is 17.2 Å². The molecule has 6 nitrogen and oxygen atoms in total. The number of ketones is 1. The van der Waals surface area contributed by atoms with Crippen LogP contribution >= 0.6 is 0 Å². The van der Waals surface area contributed by atoms with Gasteiger partial charge in [0.15, 0.2) is 23.9 Å². The first kappa shape index (κ1) is 19.7. The fourth-order valence-corrected chi connectivity index (χ4v) is 3.33. The van der Waals surface area contributed by atoms with Gasteiger partial charge >= 0.3 is 0 Å². The van der Waals surface area contributed by atoms with Gasteiger partial charge in [0.05, 0.1) is 19.8 Å². The molecule has 0 aliphatic heterocycles. The van der Waals surface area contributed by atoms with Crippen LogP contribution in [0.4, 0.5) is 4.39 Å². The molecule has 2 aromatic carbocycles. The first-order valence-electron chi connectivity index (χ1n) is 8.90. The number of halogens is 1. The summed E-state index contributed by atoms with van der Waals surface area (Å²) in [4.78, 5) is 24.3. The molecule has 28 heavy (non-hydrogen) atoms. The number of amides is 1. The molecule has 0 radical (unpaired) electrons. The van der Waals surface area contributed by atoms with Crippen LogP contribution in [-0.4, -0.2) is 32.5 Å². The summed E-state index contributed by atoms with van der Waals surface area (Å²) in [7, 11) is 3.09. The van der Waals surface area contributed by atoms with E-state index in [2.05, 4.69) is 5.32 Å². The highest BCUT2D eigenvalue weighted by Gasteiger charge is 2.32. The number of carbonyl (C=O) groups excluding carboxylic acids is 2. The monoisotopic (exact) mass is 387 g/mol. The zero-order chi connectivity index (χ0) is 20.3. The normalized spacial score (nSPS) is 15.1. The van der Waals surface area contributed by atoms with Crippen molar-refractivity contribution in [2.75, 3.05) is 20.8 Å². The summed E-state index contributed by atoms with van der Waals surface area (Å²) < 4.78 is 29.9. The van der Waals surface area contributed by atoms with Crippen LogP contribution in [0, 0.1) is 5.82 Å². The fraction of sp³-hybridized carbons (Fsp3) is 0.333. The first-order valence-corrected chi connectivity index (χ1v) is 8.90. The number of benzene rings is 2. The van der Waals surface area contributed by atoms with Crippen LogP contribution in [0.25, 0.3) is 0 Å². The van der Waals surface area contributed by atoms with Crippen LogP contribution < -0.4 is 19.5 Å². The topological polar surface area (TPSA) is 73.9 Å². The van der Waals surface area contributed by atoms with E-state index in [9.17, 15) is 14.0 Å². The Hall–Kier alpha value is -3.09. The zero-order valence-electron chi connectivity index (χ0n) is 16.0. The number of hydrogen-bond acceptors (Lipinski definition) is 5. The molecule has 1 atom stereocenters. The van der Waals surface area contributed by atoms with Gasteiger partial charge in [0, 0.05) is 18.5 Å². The van der Waals surface area contributed by atoms with Gasteiger partial charge in [-0.3, -0.25) is 9.59 Å². The van der Waals surface area contributed by atoms with Gasteiger partial charge in [-0.15, -0.1) is 0 Å². The van der Waals surface area contributed by atoms with Crippen LogP contribution in [0.2, 0.25) is 0 Å². The van der Waals surface area contributed by atoms with Gasteiger partial charge in [-0.2, -0.15) is 0 Å². The number of hydrogen-bond donors (Lipinski definition) is 1. The van der Waals surface area contributed by atoms with E-state index in [1.54, 1.807) is 26.2 Å². The molecule has 0 heterocycles. The third-order valence-corrected chi connectivity index (χ3v) is 4.71. The molecule has 1 amide bonds. The minimum atomic E-state index is -0.418. The molecular weight excluding hydrogens is 365 g/mol. The van der Waals surface area contributed by atoms with E-state index in [1.807, 2.05) is 6.07 Å². The molecule has 7 heteroatoms.